The average molecular weight is 298 g/mol. The Kier molecular flexibility index (Phi) is 4.17. The van der Waals surface area contributed by atoms with E-state index in [9.17, 15) is 9.59 Å². The van der Waals surface area contributed by atoms with Gasteiger partial charge in [-0.2, -0.15) is 0 Å². The molecular weight excluding hydrogens is 276 g/mol. The number of epoxide rings is 2. The van der Waals surface area contributed by atoms with Gasteiger partial charge in [0.05, 0.1) is 24.5 Å². The highest BCUT2D eigenvalue weighted by Crippen LogP contribution is 2.43. The van der Waals surface area contributed by atoms with Crippen LogP contribution in [0.1, 0.15) is 32.6 Å². The van der Waals surface area contributed by atoms with Crippen LogP contribution in [0, 0.1) is 11.3 Å². The fourth-order valence-electron chi connectivity index (χ4n) is 2.89. The van der Waals surface area contributed by atoms with Crippen molar-refractivity contribution in [2.24, 2.45) is 11.3 Å². The average Bonchev–Trinajstić information content (AvgIpc) is 3.37. The molecule has 0 amide bonds. The molecule has 6 heteroatoms. The number of carbonyl (C=O) groups is 2. The highest BCUT2D eigenvalue weighted by molar-refractivity contribution is 5.85. The molecule has 0 aromatic carbocycles. The molecule has 3 aliphatic rings. The molecule has 0 spiro atoms. The number of ether oxygens (including phenoxy) is 4. The molecule has 6 nitrogen and oxygen atoms in total. The van der Waals surface area contributed by atoms with Crippen molar-refractivity contribution < 1.29 is 28.5 Å². The first-order valence-electron chi connectivity index (χ1n) is 7.66. The Morgan fingerprint density at radius 1 is 1.10 bits per heavy atom. The SMILES string of the molecule is CC1(C(=O)OCC2CO2)CCCCC1C(=O)OCC1CO1. The fraction of sp³-hybridized carbons (Fsp3) is 0.867. The van der Waals surface area contributed by atoms with Crippen molar-refractivity contribution in [1.82, 2.24) is 0 Å². The zero-order valence-corrected chi connectivity index (χ0v) is 12.3. The van der Waals surface area contributed by atoms with Gasteiger partial charge in [0.15, 0.2) is 0 Å². The lowest BCUT2D eigenvalue weighted by atomic mass is 9.67. The third-order valence-electron chi connectivity index (χ3n) is 4.58. The van der Waals surface area contributed by atoms with Crippen molar-refractivity contribution in [3.8, 4) is 0 Å². The van der Waals surface area contributed by atoms with E-state index in [4.69, 9.17) is 18.9 Å². The van der Waals surface area contributed by atoms with Crippen LogP contribution in [-0.2, 0) is 28.5 Å². The molecule has 2 heterocycles. The first-order valence-corrected chi connectivity index (χ1v) is 7.66. The Hall–Kier alpha value is -1.14. The third-order valence-corrected chi connectivity index (χ3v) is 4.58. The van der Waals surface area contributed by atoms with Gasteiger partial charge in [0.25, 0.3) is 0 Å². The first-order chi connectivity index (χ1) is 10.1. The van der Waals surface area contributed by atoms with Crippen LogP contribution in [-0.4, -0.2) is 50.6 Å². The molecule has 4 atom stereocenters. The van der Waals surface area contributed by atoms with Gasteiger partial charge in [-0.3, -0.25) is 9.59 Å². The number of hydrogen-bond donors (Lipinski definition) is 0. The Morgan fingerprint density at radius 3 is 2.33 bits per heavy atom. The Labute approximate surface area is 124 Å². The van der Waals surface area contributed by atoms with Gasteiger partial charge in [0, 0.05) is 0 Å². The zero-order chi connectivity index (χ0) is 14.9. The van der Waals surface area contributed by atoms with Gasteiger partial charge >= 0.3 is 11.9 Å². The van der Waals surface area contributed by atoms with Crippen LogP contribution in [0.4, 0.5) is 0 Å². The molecule has 0 aromatic heterocycles. The van der Waals surface area contributed by atoms with Gasteiger partial charge in [0.2, 0.25) is 0 Å². The van der Waals surface area contributed by atoms with Crippen molar-refractivity contribution in [2.45, 2.75) is 44.8 Å². The van der Waals surface area contributed by atoms with Gasteiger partial charge < -0.3 is 18.9 Å². The maximum absolute atomic E-state index is 12.4. The van der Waals surface area contributed by atoms with Gasteiger partial charge in [-0.25, -0.2) is 0 Å². The minimum atomic E-state index is -0.783. The molecule has 1 saturated carbocycles. The second kappa shape index (κ2) is 5.93. The van der Waals surface area contributed by atoms with E-state index in [1.807, 2.05) is 6.92 Å². The molecule has 0 N–H and O–H groups in total. The Bertz CT molecular complexity index is 414. The second-order valence-corrected chi connectivity index (χ2v) is 6.36. The van der Waals surface area contributed by atoms with Crippen molar-refractivity contribution >= 4 is 11.9 Å². The summed E-state index contributed by atoms with van der Waals surface area (Å²) in [5.41, 5.74) is -0.783. The standard InChI is InChI=1S/C15H22O6/c1-15(14(17)21-9-11-7-19-11)5-3-2-4-12(15)13(16)20-8-10-6-18-10/h10-12H,2-9H2,1H3. The lowest BCUT2D eigenvalue weighted by Crippen LogP contribution is -2.44. The van der Waals surface area contributed by atoms with E-state index in [1.54, 1.807) is 0 Å². The number of hydrogen-bond acceptors (Lipinski definition) is 6. The highest BCUT2D eigenvalue weighted by atomic mass is 16.6. The maximum Gasteiger partial charge on any atom is 0.312 e. The van der Waals surface area contributed by atoms with Crippen molar-refractivity contribution in [1.29, 1.82) is 0 Å². The molecule has 21 heavy (non-hydrogen) atoms. The maximum atomic E-state index is 12.4. The van der Waals surface area contributed by atoms with Crippen LogP contribution in [0.15, 0.2) is 0 Å². The fourth-order valence-corrected chi connectivity index (χ4v) is 2.89. The van der Waals surface area contributed by atoms with Crippen molar-refractivity contribution in [2.75, 3.05) is 26.4 Å². The molecule has 0 bridgehead atoms. The van der Waals surface area contributed by atoms with Crippen LogP contribution in [0.3, 0.4) is 0 Å². The predicted molar refractivity (Wildman–Crippen MR) is 71.5 cm³/mol. The smallest absolute Gasteiger partial charge is 0.312 e. The van der Waals surface area contributed by atoms with E-state index < -0.39 is 11.3 Å². The summed E-state index contributed by atoms with van der Waals surface area (Å²) in [4.78, 5) is 24.7. The van der Waals surface area contributed by atoms with Crippen LogP contribution in [0.25, 0.3) is 0 Å². The van der Waals surface area contributed by atoms with E-state index in [0.29, 0.717) is 26.1 Å². The summed E-state index contributed by atoms with van der Waals surface area (Å²) in [6.45, 7) is 3.69. The van der Waals surface area contributed by atoms with Crippen LogP contribution in [0.5, 0.6) is 0 Å². The lowest BCUT2D eigenvalue weighted by Gasteiger charge is -2.37. The largest absolute Gasteiger partial charge is 0.463 e. The topological polar surface area (TPSA) is 77.7 Å². The number of esters is 2. The van der Waals surface area contributed by atoms with E-state index in [0.717, 1.165) is 12.8 Å². The lowest BCUT2D eigenvalue weighted by molar-refractivity contribution is -0.172. The molecule has 3 rings (SSSR count). The summed E-state index contributed by atoms with van der Waals surface area (Å²) in [5.74, 6) is -1.02. The normalized spacial score (nSPS) is 37.7. The van der Waals surface area contributed by atoms with Gasteiger partial charge in [-0.05, 0) is 19.8 Å². The third kappa shape index (κ3) is 3.55. The molecule has 2 saturated heterocycles. The summed E-state index contributed by atoms with van der Waals surface area (Å²) < 4.78 is 20.7. The molecule has 2 aliphatic heterocycles. The molecule has 0 radical (unpaired) electrons. The first kappa shape index (κ1) is 14.8. The highest BCUT2D eigenvalue weighted by Gasteiger charge is 2.49. The second-order valence-electron chi connectivity index (χ2n) is 6.36. The molecule has 118 valence electrons. The van der Waals surface area contributed by atoms with Gasteiger partial charge in [-0.15, -0.1) is 0 Å². The minimum Gasteiger partial charge on any atom is -0.463 e. The van der Waals surface area contributed by atoms with E-state index in [2.05, 4.69) is 0 Å². The molecule has 1 aliphatic carbocycles. The van der Waals surface area contributed by atoms with Crippen LogP contribution >= 0.6 is 0 Å². The van der Waals surface area contributed by atoms with Crippen molar-refractivity contribution in [3.63, 3.8) is 0 Å². The predicted octanol–water partition coefficient (Wildman–Crippen LogP) is 1.07. The Morgan fingerprint density at radius 2 is 1.71 bits per heavy atom. The van der Waals surface area contributed by atoms with Crippen molar-refractivity contribution in [3.05, 3.63) is 0 Å². The molecule has 3 fully saturated rings. The number of rotatable bonds is 6. The quantitative estimate of drug-likeness (QED) is 0.539. The Balaban J connectivity index is 1.59. The minimum absolute atomic E-state index is 0.0403. The number of carbonyl (C=O) groups excluding carboxylic acids is 2. The molecule has 0 aromatic rings. The van der Waals surface area contributed by atoms with E-state index in [1.165, 1.54) is 0 Å². The molecule has 4 unspecified atom stereocenters. The summed E-state index contributed by atoms with van der Waals surface area (Å²) >= 11 is 0. The van der Waals surface area contributed by atoms with Crippen LogP contribution in [0.2, 0.25) is 0 Å². The summed E-state index contributed by atoms with van der Waals surface area (Å²) in [7, 11) is 0. The monoisotopic (exact) mass is 298 g/mol. The summed E-state index contributed by atoms with van der Waals surface area (Å²) in [6.07, 6.45) is 3.30. The summed E-state index contributed by atoms with van der Waals surface area (Å²) in [5, 5.41) is 0. The molecular formula is C15H22O6. The van der Waals surface area contributed by atoms with Gasteiger partial charge in [0.1, 0.15) is 25.4 Å². The van der Waals surface area contributed by atoms with Gasteiger partial charge in [-0.1, -0.05) is 12.8 Å². The van der Waals surface area contributed by atoms with E-state index >= 15 is 0 Å². The van der Waals surface area contributed by atoms with Crippen LogP contribution < -0.4 is 0 Å². The summed E-state index contributed by atoms with van der Waals surface area (Å²) in [6, 6.07) is 0. The zero-order valence-electron chi connectivity index (χ0n) is 12.3. The van der Waals surface area contributed by atoms with E-state index in [-0.39, 0.29) is 37.4 Å².